The highest BCUT2D eigenvalue weighted by Gasteiger charge is 2.19. The molecule has 0 saturated carbocycles. The van der Waals surface area contributed by atoms with E-state index in [1.54, 1.807) is 37.5 Å². The molecule has 1 atom stereocenters. The number of nitrogens with one attached hydrogen (secondary N) is 1. The van der Waals surface area contributed by atoms with Crippen LogP contribution in [0.25, 0.3) is 12.2 Å². The van der Waals surface area contributed by atoms with Gasteiger partial charge in [-0.3, -0.25) is 4.79 Å². The van der Waals surface area contributed by atoms with Crippen molar-refractivity contribution in [1.82, 2.24) is 5.32 Å². The quantitative estimate of drug-likeness (QED) is 0.349. The highest BCUT2D eigenvalue weighted by atomic mass is 16.5. The van der Waals surface area contributed by atoms with Crippen molar-refractivity contribution in [2.45, 2.75) is 6.10 Å². The monoisotopic (exact) mass is 457 g/mol. The van der Waals surface area contributed by atoms with Gasteiger partial charge in [-0.25, -0.2) is 4.79 Å². The Bertz CT molecular complexity index is 1140. The Morgan fingerprint density at radius 3 is 1.97 bits per heavy atom. The molecule has 0 aliphatic rings. The predicted molar refractivity (Wildman–Crippen MR) is 132 cm³/mol. The van der Waals surface area contributed by atoms with E-state index in [0.29, 0.717) is 17.1 Å². The number of carbonyl (C=O) groups excluding carboxylic acids is 2. The van der Waals surface area contributed by atoms with Crippen LogP contribution in [0.1, 0.15) is 22.8 Å². The van der Waals surface area contributed by atoms with Crippen molar-refractivity contribution in [2.24, 2.45) is 0 Å². The van der Waals surface area contributed by atoms with Gasteiger partial charge in [-0.15, -0.1) is 0 Å². The van der Waals surface area contributed by atoms with Gasteiger partial charge in [0.15, 0.2) is 11.5 Å². The van der Waals surface area contributed by atoms with Crippen molar-refractivity contribution < 1.29 is 23.8 Å². The zero-order valence-corrected chi connectivity index (χ0v) is 19.1. The van der Waals surface area contributed by atoms with Gasteiger partial charge < -0.3 is 19.5 Å². The fourth-order valence-electron chi connectivity index (χ4n) is 3.18. The van der Waals surface area contributed by atoms with E-state index >= 15 is 0 Å². The Labute approximate surface area is 199 Å². The fourth-order valence-corrected chi connectivity index (χ4v) is 3.18. The van der Waals surface area contributed by atoms with Gasteiger partial charge in [0.05, 0.1) is 20.8 Å². The van der Waals surface area contributed by atoms with E-state index in [2.05, 4.69) is 5.32 Å². The van der Waals surface area contributed by atoms with Crippen molar-refractivity contribution in [3.8, 4) is 11.5 Å². The first kappa shape index (κ1) is 24.3. The third-order valence-corrected chi connectivity index (χ3v) is 4.94. The number of rotatable bonds is 10. The van der Waals surface area contributed by atoms with Crippen molar-refractivity contribution in [2.75, 3.05) is 20.8 Å². The summed E-state index contributed by atoms with van der Waals surface area (Å²) in [5, 5.41) is 2.80. The van der Waals surface area contributed by atoms with Gasteiger partial charge in [-0.1, -0.05) is 66.7 Å². The maximum atomic E-state index is 12.5. The average molecular weight is 458 g/mol. The van der Waals surface area contributed by atoms with Crippen LogP contribution in [-0.4, -0.2) is 32.6 Å². The molecule has 0 spiro atoms. The summed E-state index contributed by atoms with van der Waals surface area (Å²) < 4.78 is 16.3. The second-order valence-corrected chi connectivity index (χ2v) is 7.27. The Morgan fingerprint density at radius 2 is 1.38 bits per heavy atom. The highest BCUT2D eigenvalue weighted by Crippen LogP contribution is 2.31. The molecular weight excluding hydrogens is 430 g/mol. The van der Waals surface area contributed by atoms with Crippen molar-refractivity contribution in [3.05, 3.63) is 108 Å². The van der Waals surface area contributed by atoms with Crippen molar-refractivity contribution in [3.63, 3.8) is 0 Å². The Balaban J connectivity index is 1.73. The molecule has 6 heteroatoms. The molecule has 6 nitrogen and oxygen atoms in total. The smallest absolute Gasteiger partial charge is 0.331 e. The molecule has 1 N–H and O–H groups in total. The maximum Gasteiger partial charge on any atom is 0.331 e. The van der Waals surface area contributed by atoms with E-state index < -0.39 is 12.1 Å². The molecule has 0 aliphatic heterocycles. The molecule has 1 amide bonds. The Hall–Kier alpha value is -4.32. The third kappa shape index (κ3) is 7.38. The van der Waals surface area contributed by atoms with Crippen molar-refractivity contribution >= 4 is 24.0 Å². The molecule has 0 heterocycles. The van der Waals surface area contributed by atoms with E-state index in [-0.39, 0.29) is 12.5 Å². The lowest BCUT2D eigenvalue weighted by molar-refractivity contribution is -0.143. The number of amides is 1. The van der Waals surface area contributed by atoms with Gasteiger partial charge in [0.2, 0.25) is 5.91 Å². The minimum Gasteiger partial charge on any atom is -0.493 e. The minimum absolute atomic E-state index is 0.0817. The SMILES string of the molecule is COc1ccc([C@@H](CNC(=O)/C=C/c2ccccc2)OC(=O)/C=C/c2ccccc2)cc1OC. The van der Waals surface area contributed by atoms with Crippen LogP contribution in [0.5, 0.6) is 11.5 Å². The minimum atomic E-state index is -0.734. The second kappa shape index (κ2) is 12.6. The van der Waals surface area contributed by atoms with Crippen LogP contribution < -0.4 is 14.8 Å². The topological polar surface area (TPSA) is 73.9 Å². The molecule has 34 heavy (non-hydrogen) atoms. The summed E-state index contributed by atoms with van der Waals surface area (Å²) in [6.07, 6.45) is 5.46. The van der Waals surface area contributed by atoms with Crippen LogP contribution in [-0.2, 0) is 14.3 Å². The van der Waals surface area contributed by atoms with Crippen molar-refractivity contribution in [1.29, 1.82) is 0 Å². The molecular formula is C28H27NO5. The molecule has 3 aromatic rings. The number of methoxy groups -OCH3 is 2. The Morgan fingerprint density at radius 1 is 0.794 bits per heavy atom. The number of esters is 1. The van der Waals surface area contributed by atoms with Gasteiger partial charge in [0, 0.05) is 12.2 Å². The molecule has 0 aromatic heterocycles. The lowest BCUT2D eigenvalue weighted by atomic mass is 10.1. The van der Waals surface area contributed by atoms with Crippen LogP contribution in [0.2, 0.25) is 0 Å². The van der Waals surface area contributed by atoms with Crippen LogP contribution in [0.4, 0.5) is 0 Å². The molecule has 0 bridgehead atoms. The van der Waals surface area contributed by atoms with Gasteiger partial charge in [0.25, 0.3) is 0 Å². The summed E-state index contributed by atoms with van der Waals surface area (Å²) in [6.45, 7) is 0.0817. The molecule has 3 aromatic carbocycles. The van der Waals surface area contributed by atoms with E-state index in [1.807, 2.05) is 60.7 Å². The Kier molecular flexibility index (Phi) is 9.05. The summed E-state index contributed by atoms with van der Waals surface area (Å²) in [7, 11) is 3.07. The van der Waals surface area contributed by atoms with Gasteiger partial charge >= 0.3 is 5.97 Å². The largest absolute Gasteiger partial charge is 0.493 e. The van der Waals surface area contributed by atoms with Gasteiger partial charge in [-0.2, -0.15) is 0 Å². The number of hydrogen-bond acceptors (Lipinski definition) is 5. The van der Waals surface area contributed by atoms with E-state index in [4.69, 9.17) is 14.2 Å². The average Bonchev–Trinajstić information content (AvgIpc) is 2.89. The molecule has 3 rings (SSSR count). The summed E-state index contributed by atoms with van der Waals surface area (Å²) in [6, 6.07) is 24.2. The number of hydrogen-bond donors (Lipinski definition) is 1. The number of ether oxygens (including phenoxy) is 3. The van der Waals surface area contributed by atoms with E-state index in [0.717, 1.165) is 11.1 Å². The van der Waals surface area contributed by atoms with Gasteiger partial charge in [-0.05, 0) is 41.0 Å². The molecule has 0 unspecified atom stereocenters. The second-order valence-electron chi connectivity index (χ2n) is 7.27. The first-order valence-electron chi connectivity index (χ1n) is 10.8. The van der Waals surface area contributed by atoms with Gasteiger partial charge in [0.1, 0.15) is 6.10 Å². The number of carbonyl (C=O) groups is 2. The normalized spacial score (nSPS) is 11.8. The summed E-state index contributed by atoms with van der Waals surface area (Å²) in [5.74, 6) is 0.217. The van der Waals surface area contributed by atoms with E-state index in [9.17, 15) is 9.59 Å². The maximum absolute atomic E-state index is 12.5. The zero-order chi connectivity index (χ0) is 24.2. The lowest BCUT2D eigenvalue weighted by Gasteiger charge is -2.19. The van der Waals surface area contributed by atoms with E-state index in [1.165, 1.54) is 19.3 Å². The summed E-state index contributed by atoms with van der Waals surface area (Å²) in [4.78, 5) is 24.9. The first-order chi connectivity index (χ1) is 16.6. The van der Waals surface area contributed by atoms with Crippen LogP contribution in [0.15, 0.2) is 91.0 Å². The number of benzene rings is 3. The third-order valence-electron chi connectivity index (χ3n) is 4.94. The molecule has 0 aliphatic carbocycles. The molecule has 0 saturated heterocycles. The van der Waals surface area contributed by atoms with Crippen LogP contribution >= 0.6 is 0 Å². The summed E-state index contributed by atoms with van der Waals surface area (Å²) >= 11 is 0. The highest BCUT2D eigenvalue weighted by molar-refractivity contribution is 5.91. The lowest BCUT2D eigenvalue weighted by Crippen LogP contribution is -2.29. The summed E-state index contributed by atoms with van der Waals surface area (Å²) in [5.41, 5.74) is 2.44. The molecule has 0 fully saturated rings. The standard InChI is InChI=1S/C28H27NO5/c1-32-24-16-15-23(19-25(24)33-2)26(34-28(31)18-14-22-11-7-4-8-12-22)20-29-27(30)17-13-21-9-5-3-6-10-21/h3-19,26H,20H2,1-2H3,(H,29,30)/b17-13+,18-14+/t26-/m1/s1. The van der Waals surface area contributed by atoms with Crippen LogP contribution in [0.3, 0.4) is 0 Å². The zero-order valence-electron chi connectivity index (χ0n) is 19.1. The first-order valence-corrected chi connectivity index (χ1v) is 10.8. The fraction of sp³-hybridized carbons (Fsp3) is 0.143. The van der Waals surface area contributed by atoms with Crippen LogP contribution in [0, 0.1) is 0 Å². The molecule has 0 radical (unpaired) electrons. The molecule has 174 valence electrons. The predicted octanol–water partition coefficient (Wildman–Crippen LogP) is 4.83.